The zero-order chi connectivity index (χ0) is 23.6. The topological polar surface area (TPSA) is 126 Å². The summed E-state index contributed by atoms with van der Waals surface area (Å²) in [5, 5.41) is 12.8. The highest BCUT2D eigenvalue weighted by atomic mass is 19.4. The van der Waals surface area contributed by atoms with E-state index < -0.39 is 24.1 Å². The molecule has 174 valence electrons. The summed E-state index contributed by atoms with van der Waals surface area (Å²) in [6.45, 7) is 3.73. The van der Waals surface area contributed by atoms with E-state index in [1.807, 2.05) is 18.2 Å². The molecule has 0 aliphatic carbocycles. The van der Waals surface area contributed by atoms with Crippen LogP contribution in [0.1, 0.15) is 18.9 Å². The number of carbonyl (C=O) groups is 3. The molecule has 3 heterocycles. The molecule has 2 aliphatic heterocycles. The minimum absolute atomic E-state index is 0.234. The number of piperazine rings is 1. The van der Waals surface area contributed by atoms with Crippen molar-refractivity contribution in [1.29, 1.82) is 0 Å². The number of halogens is 3. The molecule has 2 aliphatic rings. The van der Waals surface area contributed by atoms with Crippen molar-refractivity contribution in [2.45, 2.75) is 25.1 Å². The van der Waals surface area contributed by atoms with Crippen molar-refractivity contribution in [2.24, 2.45) is 7.05 Å². The van der Waals surface area contributed by atoms with Crippen LogP contribution < -0.4 is 21.2 Å². The number of alkyl halides is 3. The van der Waals surface area contributed by atoms with Crippen LogP contribution in [-0.4, -0.2) is 64.4 Å². The van der Waals surface area contributed by atoms with Gasteiger partial charge in [0.05, 0.1) is 11.0 Å². The summed E-state index contributed by atoms with van der Waals surface area (Å²) in [4.78, 5) is 47.5. The summed E-state index contributed by atoms with van der Waals surface area (Å²) >= 11 is 0. The molecular formula is C19H22F3N5O5. The standard InChI is InChI=1S/C17H21N5O3.C2HF3O2/c1-20-14-10-11(21-8-6-18-7-9-21)2-3-12(14)22(17(20)25)13-4-5-15(23)19-16(13)24;3-2(4,5)1(6)7/h2-3,10,13,18H,4-9H2,1H3,(H,19,23,24);(H,6,7). The molecule has 2 fully saturated rings. The average molecular weight is 457 g/mol. The Bertz CT molecular complexity index is 1100. The van der Waals surface area contributed by atoms with Crippen molar-refractivity contribution in [2.75, 3.05) is 31.1 Å². The monoisotopic (exact) mass is 457 g/mol. The number of hydrogen-bond acceptors (Lipinski definition) is 6. The lowest BCUT2D eigenvalue weighted by atomic mass is 10.1. The van der Waals surface area contributed by atoms with Crippen LogP contribution in [-0.2, 0) is 21.4 Å². The number of piperidine rings is 1. The summed E-state index contributed by atoms with van der Waals surface area (Å²) < 4.78 is 34.8. The van der Waals surface area contributed by atoms with Crippen LogP contribution in [0.4, 0.5) is 18.9 Å². The Hall–Kier alpha value is -3.35. The maximum Gasteiger partial charge on any atom is 0.490 e. The molecule has 2 aromatic rings. The van der Waals surface area contributed by atoms with Gasteiger partial charge < -0.3 is 15.3 Å². The number of benzene rings is 1. The number of fused-ring (bicyclic) bond motifs is 1. The van der Waals surface area contributed by atoms with Crippen LogP contribution in [0.25, 0.3) is 11.0 Å². The van der Waals surface area contributed by atoms with E-state index in [4.69, 9.17) is 9.90 Å². The molecule has 1 aromatic carbocycles. The first-order chi connectivity index (χ1) is 15.0. The first kappa shape index (κ1) is 23.3. The van der Waals surface area contributed by atoms with Crippen molar-refractivity contribution in [3.05, 3.63) is 28.7 Å². The number of aryl methyl sites for hydroxylation is 1. The van der Waals surface area contributed by atoms with Gasteiger partial charge in [-0.25, -0.2) is 9.59 Å². The van der Waals surface area contributed by atoms with Gasteiger partial charge in [-0.3, -0.25) is 24.0 Å². The third kappa shape index (κ3) is 4.77. The Kier molecular flexibility index (Phi) is 6.57. The third-order valence-corrected chi connectivity index (χ3v) is 5.32. The molecule has 0 spiro atoms. The minimum Gasteiger partial charge on any atom is -0.475 e. The molecule has 0 radical (unpaired) electrons. The number of anilines is 1. The van der Waals surface area contributed by atoms with Gasteiger partial charge in [0.15, 0.2) is 0 Å². The predicted molar refractivity (Wildman–Crippen MR) is 107 cm³/mol. The van der Waals surface area contributed by atoms with Gasteiger partial charge >= 0.3 is 17.8 Å². The molecule has 32 heavy (non-hydrogen) atoms. The van der Waals surface area contributed by atoms with E-state index in [2.05, 4.69) is 15.5 Å². The number of carbonyl (C=O) groups excluding carboxylic acids is 2. The molecule has 1 aromatic heterocycles. The summed E-state index contributed by atoms with van der Waals surface area (Å²) in [6, 6.07) is 5.26. The van der Waals surface area contributed by atoms with Crippen LogP contribution in [0.3, 0.4) is 0 Å². The van der Waals surface area contributed by atoms with Gasteiger partial charge in [-0.2, -0.15) is 13.2 Å². The zero-order valence-corrected chi connectivity index (χ0v) is 17.1. The second-order valence-corrected chi connectivity index (χ2v) is 7.39. The van der Waals surface area contributed by atoms with Crippen LogP contribution >= 0.6 is 0 Å². The van der Waals surface area contributed by atoms with Crippen molar-refractivity contribution < 1.29 is 32.7 Å². The quantitative estimate of drug-likeness (QED) is 0.556. The van der Waals surface area contributed by atoms with Gasteiger partial charge in [0, 0.05) is 45.3 Å². The highest BCUT2D eigenvalue weighted by Crippen LogP contribution is 2.26. The maximum atomic E-state index is 12.7. The van der Waals surface area contributed by atoms with Gasteiger partial charge in [0.25, 0.3) is 0 Å². The molecule has 3 N–H and O–H groups in total. The molecule has 2 amide bonds. The Labute approximate surface area is 179 Å². The van der Waals surface area contributed by atoms with Gasteiger partial charge in [-0.15, -0.1) is 0 Å². The number of carboxylic acids is 1. The number of carboxylic acid groups (broad SMARTS) is 1. The molecule has 0 bridgehead atoms. The van der Waals surface area contributed by atoms with Gasteiger partial charge in [-0.05, 0) is 24.6 Å². The van der Waals surface area contributed by atoms with Crippen molar-refractivity contribution >= 4 is 34.5 Å². The number of nitrogens with one attached hydrogen (secondary N) is 2. The van der Waals surface area contributed by atoms with E-state index >= 15 is 0 Å². The summed E-state index contributed by atoms with van der Waals surface area (Å²) in [5.74, 6) is -3.44. The number of nitrogens with zero attached hydrogens (tertiary/aromatic N) is 3. The first-order valence-electron chi connectivity index (χ1n) is 9.81. The van der Waals surface area contributed by atoms with Gasteiger partial charge in [0.1, 0.15) is 6.04 Å². The Morgan fingerprint density at radius 1 is 1.12 bits per heavy atom. The second-order valence-electron chi connectivity index (χ2n) is 7.39. The Morgan fingerprint density at radius 2 is 1.75 bits per heavy atom. The number of aliphatic carboxylic acids is 1. The predicted octanol–water partition coefficient (Wildman–Crippen LogP) is 0.361. The lowest BCUT2D eigenvalue weighted by molar-refractivity contribution is -0.192. The van der Waals surface area contributed by atoms with E-state index in [1.165, 1.54) is 4.57 Å². The number of imide groups is 1. The lowest BCUT2D eigenvalue weighted by Gasteiger charge is -2.29. The molecule has 4 rings (SSSR count). The molecule has 13 heteroatoms. The minimum atomic E-state index is -5.08. The number of amides is 2. The molecule has 10 nitrogen and oxygen atoms in total. The van der Waals surface area contributed by atoms with Crippen LogP contribution in [0.15, 0.2) is 23.0 Å². The highest BCUT2D eigenvalue weighted by Gasteiger charge is 2.38. The molecule has 2 saturated heterocycles. The Morgan fingerprint density at radius 3 is 2.31 bits per heavy atom. The van der Waals surface area contributed by atoms with E-state index in [0.29, 0.717) is 6.42 Å². The third-order valence-electron chi connectivity index (χ3n) is 5.32. The van der Waals surface area contributed by atoms with E-state index in [-0.39, 0.29) is 18.0 Å². The van der Waals surface area contributed by atoms with Crippen LogP contribution in [0, 0.1) is 0 Å². The van der Waals surface area contributed by atoms with E-state index in [1.54, 1.807) is 11.6 Å². The average Bonchev–Trinajstić information content (AvgIpc) is 2.99. The fourth-order valence-electron chi connectivity index (χ4n) is 3.70. The zero-order valence-electron chi connectivity index (χ0n) is 17.1. The summed E-state index contributed by atoms with van der Waals surface area (Å²) in [6.07, 6.45) is -4.48. The summed E-state index contributed by atoms with van der Waals surface area (Å²) in [7, 11) is 1.72. The molecule has 1 unspecified atom stereocenters. The van der Waals surface area contributed by atoms with Crippen molar-refractivity contribution in [3.8, 4) is 0 Å². The van der Waals surface area contributed by atoms with Crippen LogP contribution in [0.2, 0.25) is 0 Å². The first-order valence-corrected chi connectivity index (χ1v) is 9.81. The lowest BCUT2D eigenvalue weighted by Crippen LogP contribution is -2.44. The van der Waals surface area contributed by atoms with Crippen molar-refractivity contribution in [3.63, 3.8) is 0 Å². The fourth-order valence-corrected chi connectivity index (χ4v) is 3.70. The SMILES string of the molecule is Cn1c(=O)n(C2CCC(=O)NC2=O)c2ccc(N3CCNCC3)cc21.O=C(O)C(F)(F)F. The maximum absolute atomic E-state index is 12.7. The Balaban J connectivity index is 0.000000360. The number of aromatic nitrogens is 2. The normalized spacial score (nSPS) is 19.4. The highest BCUT2D eigenvalue weighted by molar-refractivity contribution is 6.00. The number of hydrogen-bond donors (Lipinski definition) is 3. The number of rotatable bonds is 2. The van der Waals surface area contributed by atoms with Crippen molar-refractivity contribution in [1.82, 2.24) is 19.8 Å². The molecular weight excluding hydrogens is 435 g/mol. The van der Waals surface area contributed by atoms with E-state index in [0.717, 1.165) is 42.9 Å². The largest absolute Gasteiger partial charge is 0.490 e. The fraction of sp³-hybridized carbons (Fsp3) is 0.474. The molecule has 0 saturated carbocycles. The van der Waals surface area contributed by atoms with Crippen LogP contribution in [0.5, 0.6) is 0 Å². The number of imidazole rings is 1. The van der Waals surface area contributed by atoms with Gasteiger partial charge in [0.2, 0.25) is 11.8 Å². The second kappa shape index (κ2) is 9.02. The van der Waals surface area contributed by atoms with Gasteiger partial charge in [-0.1, -0.05) is 0 Å². The smallest absolute Gasteiger partial charge is 0.475 e. The summed E-state index contributed by atoms with van der Waals surface area (Å²) in [5.41, 5.74) is 2.36. The molecule has 1 atom stereocenters. The van der Waals surface area contributed by atoms with E-state index in [9.17, 15) is 27.6 Å².